The molecule has 8 nitrogen and oxygen atoms in total. The van der Waals surface area contributed by atoms with E-state index in [1.165, 1.54) is 6.07 Å². The highest BCUT2D eigenvalue weighted by molar-refractivity contribution is 6.06. The van der Waals surface area contributed by atoms with Crippen molar-refractivity contribution in [2.75, 3.05) is 10.4 Å². The summed E-state index contributed by atoms with van der Waals surface area (Å²) in [4.78, 5) is 29.3. The molecule has 0 spiro atoms. The lowest BCUT2D eigenvalue weighted by molar-refractivity contribution is -0.122. The Morgan fingerprint density at radius 2 is 2.00 bits per heavy atom. The maximum Gasteiger partial charge on any atom is 0.256 e. The van der Waals surface area contributed by atoms with Gasteiger partial charge in [-0.25, -0.2) is 4.98 Å². The molecule has 31 heavy (non-hydrogen) atoms. The van der Waals surface area contributed by atoms with E-state index in [4.69, 9.17) is 0 Å². The molecule has 1 N–H and O–H groups in total. The molecular formula is C22H23FN6O2. The molecule has 0 unspecified atom stereocenters. The second kappa shape index (κ2) is 7.57. The molecule has 0 saturated heterocycles. The Morgan fingerprint density at radius 1 is 1.23 bits per heavy atom. The van der Waals surface area contributed by atoms with Gasteiger partial charge in [0.15, 0.2) is 5.82 Å². The molecule has 3 aromatic rings. The largest absolute Gasteiger partial charge is 0.310 e. The first kappa shape index (κ1) is 20.6. The minimum Gasteiger partial charge on any atom is -0.310 e. The van der Waals surface area contributed by atoms with Gasteiger partial charge in [0, 0.05) is 23.4 Å². The number of carbonyl (C=O) groups excluding carboxylic acids is 2. The van der Waals surface area contributed by atoms with E-state index in [0.29, 0.717) is 22.9 Å². The second-order valence-corrected chi connectivity index (χ2v) is 8.48. The van der Waals surface area contributed by atoms with E-state index in [-0.39, 0.29) is 28.8 Å². The number of pyridine rings is 1. The fourth-order valence-corrected chi connectivity index (χ4v) is 3.71. The lowest BCUT2D eigenvalue weighted by atomic mass is 9.77. The van der Waals surface area contributed by atoms with Crippen LogP contribution in [0.3, 0.4) is 0 Å². The van der Waals surface area contributed by atoms with Gasteiger partial charge in [-0.3, -0.25) is 9.59 Å². The van der Waals surface area contributed by atoms with Crippen LogP contribution in [0.15, 0.2) is 42.7 Å². The Kier molecular flexibility index (Phi) is 5.04. The molecule has 2 aromatic heterocycles. The Labute approximate surface area is 179 Å². The highest BCUT2D eigenvalue weighted by atomic mass is 19.2. The molecule has 2 amide bonds. The summed E-state index contributed by atoms with van der Waals surface area (Å²) in [6.45, 7) is 7.77. The van der Waals surface area contributed by atoms with Crippen molar-refractivity contribution in [2.45, 2.75) is 45.6 Å². The predicted molar refractivity (Wildman–Crippen MR) is 114 cm³/mol. The number of nitrogens with zero attached hydrogens (tertiary/aromatic N) is 5. The Hall–Kier alpha value is -3.62. The number of anilines is 2. The number of benzene rings is 1. The number of hydrogen-bond donors (Lipinski definition) is 1. The number of nitrogens with one attached hydrogen (secondary N) is 1. The first-order chi connectivity index (χ1) is 14.7. The van der Waals surface area contributed by atoms with Crippen LogP contribution in [0.25, 0.3) is 11.5 Å². The minimum absolute atomic E-state index is 0.0692. The van der Waals surface area contributed by atoms with Gasteiger partial charge in [-0.15, -0.1) is 15.3 Å². The summed E-state index contributed by atoms with van der Waals surface area (Å²) in [5.74, 6) is -0.165. The zero-order valence-corrected chi connectivity index (χ0v) is 17.8. The SMILES string of the molecule is CC(C)n1cnnc1-c1cccc(NC(=O)c2ccc3c(c2)N(F)C(=O)CC3(C)C)n1. The van der Waals surface area contributed by atoms with E-state index >= 15 is 0 Å². The van der Waals surface area contributed by atoms with E-state index < -0.39 is 17.2 Å². The molecule has 0 aliphatic carbocycles. The zero-order valence-electron chi connectivity index (χ0n) is 17.8. The molecule has 0 fully saturated rings. The van der Waals surface area contributed by atoms with Crippen LogP contribution in [0.2, 0.25) is 0 Å². The quantitative estimate of drug-likeness (QED) is 0.640. The monoisotopic (exact) mass is 422 g/mol. The molecule has 1 aliphatic rings. The van der Waals surface area contributed by atoms with Crippen molar-refractivity contribution in [3.63, 3.8) is 0 Å². The van der Waals surface area contributed by atoms with Crippen molar-refractivity contribution < 1.29 is 14.1 Å². The van der Waals surface area contributed by atoms with Crippen molar-refractivity contribution >= 4 is 23.3 Å². The third kappa shape index (κ3) is 3.78. The summed E-state index contributed by atoms with van der Waals surface area (Å²) in [5.41, 5.74) is 1.06. The fraction of sp³-hybridized carbons (Fsp3) is 0.318. The number of hydrogen-bond acceptors (Lipinski definition) is 5. The lowest BCUT2D eigenvalue weighted by Gasteiger charge is -2.34. The third-order valence-corrected chi connectivity index (χ3v) is 5.36. The molecule has 160 valence electrons. The topological polar surface area (TPSA) is 93.0 Å². The summed E-state index contributed by atoms with van der Waals surface area (Å²) in [5, 5.41) is 10.9. The fourth-order valence-electron chi connectivity index (χ4n) is 3.71. The van der Waals surface area contributed by atoms with Crippen LogP contribution in [0.5, 0.6) is 0 Å². The Morgan fingerprint density at radius 3 is 2.74 bits per heavy atom. The average molecular weight is 422 g/mol. The van der Waals surface area contributed by atoms with Gasteiger partial charge in [-0.2, -0.15) is 0 Å². The molecule has 0 bridgehead atoms. The molecule has 0 atom stereocenters. The van der Waals surface area contributed by atoms with Gasteiger partial charge < -0.3 is 9.88 Å². The highest BCUT2D eigenvalue weighted by Gasteiger charge is 2.37. The van der Waals surface area contributed by atoms with Crippen LogP contribution in [0.4, 0.5) is 16.0 Å². The molecule has 1 aliphatic heterocycles. The van der Waals surface area contributed by atoms with Crippen LogP contribution in [0.1, 0.15) is 56.1 Å². The van der Waals surface area contributed by atoms with E-state index in [0.717, 1.165) is 0 Å². The van der Waals surface area contributed by atoms with Crippen LogP contribution in [-0.4, -0.2) is 31.6 Å². The van der Waals surface area contributed by atoms with E-state index in [2.05, 4.69) is 20.5 Å². The highest BCUT2D eigenvalue weighted by Crippen LogP contribution is 2.40. The third-order valence-electron chi connectivity index (χ3n) is 5.36. The minimum atomic E-state index is -0.626. The van der Waals surface area contributed by atoms with Crippen molar-refractivity contribution in [2.24, 2.45) is 0 Å². The maximum absolute atomic E-state index is 14.4. The molecule has 3 heterocycles. The Balaban J connectivity index is 1.61. The number of halogens is 1. The van der Waals surface area contributed by atoms with Gasteiger partial charge in [-0.05, 0) is 43.7 Å². The van der Waals surface area contributed by atoms with Gasteiger partial charge in [-0.1, -0.05) is 30.5 Å². The van der Waals surface area contributed by atoms with Crippen LogP contribution in [-0.2, 0) is 10.2 Å². The summed E-state index contributed by atoms with van der Waals surface area (Å²) in [6.07, 6.45) is 1.70. The molecule has 9 heteroatoms. The zero-order chi connectivity index (χ0) is 22.3. The van der Waals surface area contributed by atoms with Crippen LogP contribution in [0, 0.1) is 0 Å². The summed E-state index contributed by atoms with van der Waals surface area (Å²) < 4.78 is 16.3. The summed E-state index contributed by atoms with van der Waals surface area (Å²) >= 11 is 0. The standard InChI is InChI=1S/C22H23FN6O2/c1-13(2)28-12-24-27-20(28)16-6-5-7-18(25-16)26-21(31)14-8-9-15-17(10-14)29(23)19(30)11-22(15,3)4/h5-10,12-13H,11H2,1-4H3,(H,25,26,31). The van der Waals surface area contributed by atoms with Gasteiger partial charge in [0.25, 0.3) is 11.8 Å². The summed E-state index contributed by atoms with van der Waals surface area (Å²) in [7, 11) is 0. The van der Waals surface area contributed by atoms with Gasteiger partial charge >= 0.3 is 0 Å². The normalized spacial score (nSPS) is 15.2. The number of rotatable bonds is 4. The lowest BCUT2D eigenvalue weighted by Crippen LogP contribution is -2.37. The van der Waals surface area contributed by atoms with E-state index in [9.17, 15) is 14.1 Å². The first-order valence-corrected chi connectivity index (χ1v) is 9.99. The van der Waals surface area contributed by atoms with E-state index in [1.54, 1.807) is 36.7 Å². The van der Waals surface area contributed by atoms with Crippen LogP contribution < -0.4 is 10.4 Å². The Bertz CT molecular complexity index is 1170. The number of fused-ring (bicyclic) bond motifs is 1. The summed E-state index contributed by atoms with van der Waals surface area (Å²) in [6, 6.07) is 10.1. The maximum atomic E-state index is 14.4. The number of amides is 2. The van der Waals surface area contributed by atoms with Crippen molar-refractivity contribution in [3.05, 3.63) is 53.9 Å². The van der Waals surface area contributed by atoms with Crippen LogP contribution >= 0.6 is 0 Å². The number of carbonyl (C=O) groups is 2. The average Bonchev–Trinajstić information content (AvgIpc) is 3.22. The molecule has 4 rings (SSSR count). The second-order valence-electron chi connectivity index (χ2n) is 8.48. The van der Waals surface area contributed by atoms with Gasteiger partial charge in [0.1, 0.15) is 17.8 Å². The van der Waals surface area contributed by atoms with Gasteiger partial charge in [0.2, 0.25) is 0 Å². The van der Waals surface area contributed by atoms with Gasteiger partial charge in [0.05, 0.1) is 5.69 Å². The molecule has 0 radical (unpaired) electrons. The molecule has 1 aromatic carbocycles. The number of aromatic nitrogens is 4. The van der Waals surface area contributed by atoms with Crippen molar-refractivity contribution in [3.8, 4) is 11.5 Å². The first-order valence-electron chi connectivity index (χ1n) is 9.99. The predicted octanol–water partition coefficient (Wildman–Crippen LogP) is 4.07. The molecular weight excluding hydrogens is 399 g/mol. The van der Waals surface area contributed by atoms with E-state index in [1.807, 2.05) is 32.3 Å². The van der Waals surface area contributed by atoms with Crippen molar-refractivity contribution in [1.29, 1.82) is 0 Å². The molecule has 0 saturated carbocycles. The smallest absolute Gasteiger partial charge is 0.256 e. The van der Waals surface area contributed by atoms with Crippen molar-refractivity contribution in [1.82, 2.24) is 19.7 Å².